The summed E-state index contributed by atoms with van der Waals surface area (Å²) in [5.74, 6) is -0.481. The van der Waals surface area contributed by atoms with Crippen LogP contribution in [-0.4, -0.2) is 10.9 Å². The van der Waals surface area contributed by atoms with Gasteiger partial charge < -0.3 is 5.32 Å². The number of hydrogen-bond donors (Lipinski definition) is 1. The summed E-state index contributed by atoms with van der Waals surface area (Å²) < 4.78 is 38.4. The second kappa shape index (κ2) is 7.88. The van der Waals surface area contributed by atoms with E-state index in [1.807, 2.05) is 0 Å². The summed E-state index contributed by atoms with van der Waals surface area (Å²) in [6.07, 6.45) is -4.21. The molecule has 9 heteroatoms. The average molecular weight is 431 g/mol. The Kier molecular flexibility index (Phi) is 5.74. The number of rotatable bonds is 4. The van der Waals surface area contributed by atoms with Gasteiger partial charge in [0.1, 0.15) is 5.69 Å². The van der Waals surface area contributed by atoms with Gasteiger partial charge in [-0.1, -0.05) is 41.4 Å². The number of carbonyl (C=O) groups excluding carboxylic acids is 1. The van der Waals surface area contributed by atoms with Crippen LogP contribution in [0.25, 0.3) is 0 Å². The summed E-state index contributed by atoms with van der Waals surface area (Å²) in [4.78, 5) is 16.5. The number of thiazole rings is 1. The van der Waals surface area contributed by atoms with E-state index in [4.69, 9.17) is 23.2 Å². The van der Waals surface area contributed by atoms with Crippen molar-refractivity contribution in [2.45, 2.75) is 12.6 Å². The molecule has 3 aromatic rings. The SMILES string of the molecule is O=C(Nc1cc(Cl)ccc1Cl)c1csc(Cc2cccc(C(F)(F)F)c2)n1. The van der Waals surface area contributed by atoms with Crippen LogP contribution in [0, 0.1) is 0 Å². The summed E-state index contributed by atoms with van der Waals surface area (Å²) in [6.45, 7) is 0. The molecule has 0 unspecified atom stereocenters. The molecule has 0 aliphatic carbocycles. The molecule has 0 atom stereocenters. The molecule has 1 aromatic heterocycles. The Bertz CT molecular complexity index is 989. The molecule has 1 heterocycles. The highest BCUT2D eigenvalue weighted by atomic mass is 35.5. The van der Waals surface area contributed by atoms with E-state index in [-0.39, 0.29) is 12.1 Å². The fraction of sp³-hybridized carbons (Fsp3) is 0.111. The maximum atomic E-state index is 12.8. The summed E-state index contributed by atoms with van der Waals surface area (Å²) in [5.41, 5.74) is 0.244. The second-order valence-corrected chi connectivity index (χ2v) is 7.37. The van der Waals surface area contributed by atoms with Gasteiger partial charge >= 0.3 is 6.18 Å². The van der Waals surface area contributed by atoms with E-state index >= 15 is 0 Å². The molecule has 0 radical (unpaired) electrons. The highest BCUT2D eigenvalue weighted by Gasteiger charge is 2.30. The molecule has 3 rings (SSSR count). The number of halogens is 5. The van der Waals surface area contributed by atoms with Crippen molar-refractivity contribution in [1.29, 1.82) is 0 Å². The molecule has 1 amide bonds. The van der Waals surface area contributed by atoms with Gasteiger partial charge in [0.15, 0.2) is 0 Å². The normalized spacial score (nSPS) is 11.4. The molecule has 1 N–H and O–H groups in total. The van der Waals surface area contributed by atoms with E-state index in [9.17, 15) is 18.0 Å². The Balaban J connectivity index is 1.73. The summed E-state index contributed by atoms with van der Waals surface area (Å²) >= 11 is 13.1. The zero-order chi connectivity index (χ0) is 19.6. The van der Waals surface area contributed by atoms with Crippen molar-refractivity contribution < 1.29 is 18.0 Å². The molecule has 0 bridgehead atoms. The van der Waals surface area contributed by atoms with Crippen LogP contribution < -0.4 is 5.32 Å². The van der Waals surface area contributed by atoms with Crippen molar-refractivity contribution in [3.8, 4) is 0 Å². The zero-order valence-electron chi connectivity index (χ0n) is 13.5. The predicted octanol–water partition coefficient (Wildman–Crippen LogP) is 6.31. The molecule has 0 spiro atoms. The lowest BCUT2D eigenvalue weighted by molar-refractivity contribution is -0.137. The van der Waals surface area contributed by atoms with Crippen molar-refractivity contribution in [1.82, 2.24) is 4.98 Å². The van der Waals surface area contributed by atoms with Crippen LogP contribution in [0.5, 0.6) is 0 Å². The number of carbonyl (C=O) groups is 1. The molecule has 3 nitrogen and oxygen atoms in total. The minimum atomic E-state index is -4.40. The minimum absolute atomic E-state index is 0.151. The number of alkyl halides is 3. The Morgan fingerprint density at radius 1 is 1.15 bits per heavy atom. The number of amides is 1. The number of aromatic nitrogens is 1. The molecular formula is C18H11Cl2F3N2OS. The average Bonchev–Trinajstić information content (AvgIpc) is 3.06. The van der Waals surface area contributed by atoms with Crippen molar-refractivity contribution in [2.24, 2.45) is 0 Å². The molecule has 0 aliphatic heterocycles. The third kappa shape index (κ3) is 5.00. The Labute approximate surface area is 166 Å². The van der Waals surface area contributed by atoms with Crippen LogP contribution >= 0.6 is 34.5 Å². The van der Waals surface area contributed by atoms with Crippen molar-refractivity contribution in [3.63, 3.8) is 0 Å². The lowest BCUT2D eigenvalue weighted by atomic mass is 10.1. The van der Waals surface area contributed by atoms with Gasteiger partial charge in [-0.3, -0.25) is 4.79 Å². The Hall–Kier alpha value is -2.09. The third-order valence-corrected chi connectivity index (χ3v) is 4.98. The molecule has 0 saturated heterocycles. The molecule has 140 valence electrons. The Morgan fingerprint density at radius 2 is 1.93 bits per heavy atom. The smallest absolute Gasteiger partial charge is 0.319 e. The first-order valence-electron chi connectivity index (χ1n) is 7.59. The molecule has 27 heavy (non-hydrogen) atoms. The van der Waals surface area contributed by atoms with Crippen LogP contribution in [0.3, 0.4) is 0 Å². The number of nitrogens with zero attached hydrogens (tertiary/aromatic N) is 1. The van der Waals surface area contributed by atoms with Crippen molar-refractivity contribution >= 4 is 46.1 Å². The number of hydrogen-bond acceptors (Lipinski definition) is 3. The molecule has 0 fully saturated rings. The van der Waals surface area contributed by atoms with Gasteiger partial charge in [0.2, 0.25) is 0 Å². The van der Waals surface area contributed by atoms with Gasteiger partial charge in [-0.2, -0.15) is 13.2 Å². The zero-order valence-corrected chi connectivity index (χ0v) is 15.8. The van der Waals surface area contributed by atoms with Gasteiger partial charge in [0.05, 0.1) is 21.3 Å². The number of benzene rings is 2. The second-order valence-electron chi connectivity index (χ2n) is 5.58. The summed E-state index contributed by atoms with van der Waals surface area (Å²) in [7, 11) is 0. The van der Waals surface area contributed by atoms with Gasteiger partial charge in [-0.25, -0.2) is 4.98 Å². The summed E-state index contributed by atoms with van der Waals surface area (Å²) in [6, 6.07) is 9.68. The van der Waals surface area contributed by atoms with Crippen LogP contribution in [0.15, 0.2) is 47.8 Å². The lowest BCUT2D eigenvalue weighted by Crippen LogP contribution is -2.12. The van der Waals surface area contributed by atoms with E-state index < -0.39 is 17.6 Å². The van der Waals surface area contributed by atoms with Gasteiger partial charge in [-0.15, -0.1) is 11.3 Å². The van der Waals surface area contributed by atoms with Gasteiger partial charge in [0, 0.05) is 16.8 Å². The van der Waals surface area contributed by atoms with Gasteiger partial charge in [0.25, 0.3) is 5.91 Å². The highest BCUT2D eigenvalue weighted by molar-refractivity contribution is 7.09. The molecule has 0 saturated carbocycles. The van der Waals surface area contributed by atoms with E-state index in [2.05, 4.69) is 10.3 Å². The number of nitrogens with one attached hydrogen (secondary N) is 1. The van der Waals surface area contributed by atoms with Crippen molar-refractivity contribution in [2.75, 3.05) is 5.32 Å². The molecule has 2 aromatic carbocycles. The summed E-state index contributed by atoms with van der Waals surface area (Å²) in [5, 5.41) is 5.42. The number of anilines is 1. The predicted molar refractivity (Wildman–Crippen MR) is 101 cm³/mol. The van der Waals surface area contributed by atoms with Gasteiger partial charge in [-0.05, 0) is 29.8 Å². The van der Waals surface area contributed by atoms with Crippen molar-refractivity contribution in [3.05, 3.63) is 79.7 Å². The van der Waals surface area contributed by atoms with Crippen LogP contribution in [0.2, 0.25) is 10.0 Å². The monoisotopic (exact) mass is 430 g/mol. The van der Waals surface area contributed by atoms with Crippen LogP contribution in [-0.2, 0) is 12.6 Å². The first-order chi connectivity index (χ1) is 12.7. The Morgan fingerprint density at radius 3 is 2.67 bits per heavy atom. The maximum absolute atomic E-state index is 12.8. The topological polar surface area (TPSA) is 42.0 Å². The molecular weight excluding hydrogens is 420 g/mol. The van der Waals surface area contributed by atoms with Crippen LogP contribution in [0.4, 0.5) is 18.9 Å². The van der Waals surface area contributed by atoms with E-state index in [0.29, 0.717) is 26.3 Å². The fourth-order valence-corrected chi connectivity index (χ4v) is 3.45. The lowest BCUT2D eigenvalue weighted by Gasteiger charge is -2.08. The largest absolute Gasteiger partial charge is 0.416 e. The van der Waals surface area contributed by atoms with E-state index in [0.717, 1.165) is 12.1 Å². The first kappa shape index (κ1) is 19.7. The van der Waals surface area contributed by atoms with E-state index in [1.165, 1.54) is 28.8 Å². The maximum Gasteiger partial charge on any atom is 0.416 e. The standard InChI is InChI=1S/C18H11Cl2F3N2OS/c19-12-4-5-13(20)14(8-12)25-17(26)15-9-27-16(24-15)7-10-2-1-3-11(6-10)18(21,22)23/h1-6,8-9H,7H2,(H,25,26). The first-order valence-corrected chi connectivity index (χ1v) is 9.23. The highest BCUT2D eigenvalue weighted by Crippen LogP contribution is 2.30. The molecule has 0 aliphatic rings. The minimum Gasteiger partial charge on any atom is -0.319 e. The van der Waals surface area contributed by atoms with Crippen LogP contribution in [0.1, 0.15) is 26.6 Å². The third-order valence-electron chi connectivity index (χ3n) is 3.57. The van der Waals surface area contributed by atoms with E-state index in [1.54, 1.807) is 18.2 Å². The fourth-order valence-electron chi connectivity index (χ4n) is 2.31. The quantitative estimate of drug-likeness (QED) is 0.526.